The molecule has 0 radical (unpaired) electrons. The third kappa shape index (κ3) is 2.14. The number of rotatable bonds is 1. The first-order valence-corrected chi connectivity index (χ1v) is 7.24. The van der Waals surface area contributed by atoms with Gasteiger partial charge in [-0.1, -0.05) is 12.1 Å². The Labute approximate surface area is 131 Å². The number of esters is 1. The zero-order chi connectivity index (χ0) is 16.1. The van der Waals surface area contributed by atoms with E-state index in [1.807, 2.05) is 0 Å². The van der Waals surface area contributed by atoms with Gasteiger partial charge in [-0.15, -0.1) is 0 Å². The maximum absolute atomic E-state index is 11.8. The van der Waals surface area contributed by atoms with E-state index in [0.29, 0.717) is 11.3 Å². The van der Waals surface area contributed by atoms with Crippen LogP contribution in [0.5, 0.6) is 23.0 Å². The molecule has 2 aliphatic rings. The Kier molecular flexibility index (Phi) is 2.87. The van der Waals surface area contributed by atoms with Crippen molar-refractivity contribution in [2.24, 2.45) is 0 Å². The van der Waals surface area contributed by atoms with Crippen LogP contribution < -0.4 is 4.74 Å². The molecule has 0 amide bonds. The van der Waals surface area contributed by atoms with Gasteiger partial charge in [0, 0.05) is 23.6 Å². The summed E-state index contributed by atoms with van der Waals surface area (Å²) in [5.74, 6) is -0.467. The summed E-state index contributed by atoms with van der Waals surface area (Å²) in [5, 5.41) is 29.2. The lowest BCUT2D eigenvalue weighted by Crippen LogP contribution is -2.32. The van der Waals surface area contributed by atoms with E-state index in [4.69, 9.17) is 9.47 Å². The summed E-state index contributed by atoms with van der Waals surface area (Å²) in [6.45, 7) is 0. The number of phenolic OH excluding ortho intramolecular Hbond substituents is 3. The summed E-state index contributed by atoms with van der Waals surface area (Å²) < 4.78 is 11.3. The van der Waals surface area contributed by atoms with Crippen molar-refractivity contribution < 1.29 is 29.6 Å². The lowest BCUT2D eigenvalue weighted by Gasteiger charge is -2.34. The topological polar surface area (TPSA) is 96.2 Å². The Hall–Kier alpha value is -2.89. The highest BCUT2D eigenvalue weighted by atomic mass is 16.6. The van der Waals surface area contributed by atoms with Crippen LogP contribution in [0.4, 0.5) is 0 Å². The minimum atomic E-state index is -0.569. The smallest absolute Gasteiger partial charge is 0.307 e. The molecule has 0 aliphatic carbocycles. The molecule has 6 heteroatoms. The number of benzene rings is 2. The van der Waals surface area contributed by atoms with E-state index in [2.05, 4.69) is 0 Å². The fraction of sp³-hybridized carbons (Fsp3) is 0.235. The molecule has 2 heterocycles. The molecule has 6 nitrogen and oxygen atoms in total. The van der Waals surface area contributed by atoms with E-state index < -0.39 is 12.2 Å². The molecule has 3 N–H and O–H groups in total. The van der Waals surface area contributed by atoms with Gasteiger partial charge in [-0.25, -0.2) is 0 Å². The molecule has 1 fully saturated rings. The second-order valence-corrected chi connectivity index (χ2v) is 5.77. The van der Waals surface area contributed by atoms with E-state index in [-0.39, 0.29) is 35.6 Å². The van der Waals surface area contributed by atoms with Gasteiger partial charge in [0.1, 0.15) is 23.0 Å². The Morgan fingerprint density at radius 3 is 2.43 bits per heavy atom. The first kappa shape index (κ1) is 13.8. The normalized spacial score (nSPS) is 25.2. The van der Waals surface area contributed by atoms with Crippen molar-refractivity contribution in [3.8, 4) is 23.0 Å². The summed E-state index contributed by atoms with van der Waals surface area (Å²) in [5.41, 5.74) is 1.22. The molecule has 0 aromatic heterocycles. The van der Waals surface area contributed by atoms with Gasteiger partial charge in [-0.3, -0.25) is 4.79 Å². The third-order valence-electron chi connectivity index (χ3n) is 4.30. The van der Waals surface area contributed by atoms with Crippen molar-refractivity contribution in [1.29, 1.82) is 0 Å². The van der Waals surface area contributed by atoms with E-state index >= 15 is 0 Å². The molecule has 1 saturated heterocycles. The van der Waals surface area contributed by atoms with Gasteiger partial charge >= 0.3 is 5.97 Å². The van der Waals surface area contributed by atoms with Gasteiger partial charge in [0.05, 0.1) is 6.42 Å². The van der Waals surface area contributed by atoms with Crippen molar-refractivity contribution in [3.63, 3.8) is 0 Å². The molecule has 0 unspecified atom stereocenters. The van der Waals surface area contributed by atoms with Crippen LogP contribution >= 0.6 is 0 Å². The number of carbonyl (C=O) groups excluding carboxylic acids is 1. The number of carbonyl (C=O) groups is 1. The van der Waals surface area contributed by atoms with Gasteiger partial charge in [0.25, 0.3) is 0 Å². The molecule has 2 aromatic carbocycles. The Bertz CT molecular complexity index is 782. The average Bonchev–Trinajstić information content (AvgIpc) is 2.87. The standard InChI is InChI=1S/C17H14O6/c18-9-3-1-8(2-4-9)16-17-11(7-14(21)23-17)15-12(20)5-10(19)6-13(15)22-16/h1-6,11,16-20H,7H2/t11-,16+,17-/m0/s1. The monoisotopic (exact) mass is 314 g/mol. The first-order chi connectivity index (χ1) is 11.0. The van der Waals surface area contributed by atoms with Crippen LogP contribution in [0.1, 0.15) is 29.6 Å². The predicted octanol–water partition coefficient (Wildman–Crippen LogP) is 2.34. The first-order valence-electron chi connectivity index (χ1n) is 7.24. The molecule has 3 atom stereocenters. The number of phenols is 3. The lowest BCUT2D eigenvalue weighted by molar-refractivity contribution is -0.145. The van der Waals surface area contributed by atoms with Crippen molar-refractivity contribution in [2.45, 2.75) is 24.5 Å². The van der Waals surface area contributed by atoms with Gasteiger partial charge in [-0.2, -0.15) is 0 Å². The summed E-state index contributed by atoms with van der Waals surface area (Å²) in [7, 11) is 0. The minimum absolute atomic E-state index is 0.113. The molecule has 4 rings (SSSR count). The highest BCUT2D eigenvalue weighted by molar-refractivity contribution is 5.75. The second kappa shape index (κ2) is 4.81. The molecule has 23 heavy (non-hydrogen) atoms. The lowest BCUT2D eigenvalue weighted by atomic mass is 9.84. The fourth-order valence-corrected chi connectivity index (χ4v) is 3.31. The third-order valence-corrected chi connectivity index (χ3v) is 4.30. The molecule has 2 aliphatic heterocycles. The average molecular weight is 314 g/mol. The predicted molar refractivity (Wildman–Crippen MR) is 78.5 cm³/mol. The van der Waals surface area contributed by atoms with Crippen LogP contribution in [-0.2, 0) is 9.53 Å². The zero-order valence-corrected chi connectivity index (χ0v) is 12.0. The Morgan fingerprint density at radius 2 is 1.70 bits per heavy atom. The van der Waals surface area contributed by atoms with Crippen LogP contribution in [0.15, 0.2) is 36.4 Å². The molecule has 0 spiro atoms. The number of ether oxygens (including phenoxy) is 2. The fourth-order valence-electron chi connectivity index (χ4n) is 3.31. The highest BCUT2D eigenvalue weighted by Crippen LogP contribution is 2.52. The maximum atomic E-state index is 11.8. The molecule has 2 aromatic rings. The van der Waals surface area contributed by atoms with Crippen LogP contribution in [-0.4, -0.2) is 27.4 Å². The minimum Gasteiger partial charge on any atom is -0.508 e. The van der Waals surface area contributed by atoms with Gasteiger partial charge in [0.2, 0.25) is 0 Å². The number of hydrogen-bond acceptors (Lipinski definition) is 6. The molecule has 0 saturated carbocycles. The van der Waals surface area contributed by atoms with Crippen LogP contribution in [0, 0.1) is 0 Å². The van der Waals surface area contributed by atoms with Crippen molar-refractivity contribution in [1.82, 2.24) is 0 Å². The summed E-state index contributed by atoms with van der Waals surface area (Å²) in [6, 6.07) is 9.08. The van der Waals surface area contributed by atoms with Crippen LogP contribution in [0.25, 0.3) is 0 Å². The Morgan fingerprint density at radius 1 is 0.957 bits per heavy atom. The van der Waals surface area contributed by atoms with E-state index in [1.54, 1.807) is 12.1 Å². The summed E-state index contributed by atoms with van der Waals surface area (Å²) >= 11 is 0. The summed E-state index contributed by atoms with van der Waals surface area (Å²) in [4.78, 5) is 11.8. The van der Waals surface area contributed by atoms with Gasteiger partial charge in [-0.05, 0) is 17.7 Å². The van der Waals surface area contributed by atoms with Crippen molar-refractivity contribution in [3.05, 3.63) is 47.5 Å². The number of aromatic hydroxyl groups is 3. The zero-order valence-electron chi connectivity index (χ0n) is 12.0. The molecule has 118 valence electrons. The maximum Gasteiger partial charge on any atom is 0.307 e. The second-order valence-electron chi connectivity index (χ2n) is 5.77. The van der Waals surface area contributed by atoms with Crippen LogP contribution in [0.3, 0.4) is 0 Å². The quantitative estimate of drug-likeness (QED) is 0.699. The number of hydrogen-bond donors (Lipinski definition) is 3. The molecule has 0 bridgehead atoms. The van der Waals surface area contributed by atoms with E-state index in [9.17, 15) is 20.1 Å². The largest absolute Gasteiger partial charge is 0.508 e. The molecular weight excluding hydrogens is 300 g/mol. The van der Waals surface area contributed by atoms with E-state index in [1.165, 1.54) is 24.3 Å². The number of fused-ring (bicyclic) bond motifs is 3. The van der Waals surface area contributed by atoms with E-state index in [0.717, 1.165) is 5.56 Å². The van der Waals surface area contributed by atoms with Crippen molar-refractivity contribution >= 4 is 5.97 Å². The van der Waals surface area contributed by atoms with Gasteiger partial charge in [0.15, 0.2) is 12.2 Å². The SMILES string of the molecule is O=C1C[C@H]2c3c(O)cc(O)cc3O[C@H](c3ccc(O)cc3)[C@H]2O1. The van der Waals surface area contributed by atoms with Gasteiger partial charge < -0.3 is 24.8 Å². The van der Waals surface area contributed by atoms with Crippen molar-refractivity contribution in [2.75, 3.05) is 0 Å². The summed E-state index contributed by atoms with van der Waals surface area (Å²) in [6.07, 6.45) is -0.982. The highest BCUT2D eigenvalue weighted by Gasteiger charge is 2.48. The van der Waals surface area contributed by atoms with Crippen LogP contribution in [0.2, 0.25) is 0 Å². The molecular formula is C17H14O6. The Balaban J connectivity index is 1.83.